The first-order valence-corrected chi connectivity index (χ1v) is 9.49. The molecular formula is C18H33ClF3N3O2. The van der Waals surface area contributed by atoms with E-state index in [1.54, 1.807) is 11.8 Å². The molecule has 1 saturated heterocycles. The van der Waals surface area contributed by atoms with Crippen LogP contribution in [0.2, 0.25) is 0 Å². The zero-order valence-corrected chi connectivity index (χ0v) is 17.3. The number of carbonyl (C=O) groups is 2. The highest BCUT2D eigenvalue weighted by Crippen LogP contribution is 2.31. The second-order valence-electron chi connectivity index (χ2n) is 7.16. The van der Waals surface area contributed by atoms with Gasteiger partial charge < -0.3 is 15.5 Å². The standard InChI is InChI=1S/C18H32F3N3O2.ClH/c1-4-9-24(13-18(19,20)21)15(25)14-8-7-10-23(11-14)16(26)17(5-2,6-3)12-22;/h14H,4-13,22H2,1-3H3;1H. The zero-order chi connectivity index (χ0) is 20.0. The Morgan fingerprint density at radius 1 is 1.19 bits per heavy atom. The summed E-state index contributed by atoms with van der Waals surface area (Å²) in [6.45, 7) is 5.32. The smallest absolute Gasteiger partial charge is 0.341 e. The molecule has 1 aliphatic heterocycles. The number of rotatable bonds is 8. The fourth-order valence-corrected chi connectivity index (χ4v) is 3.64. The summed E-state index contributed by atoms with van der Waals surface area (Å²) in [7, 11) is 0. The Morgan fingerprint density at radius 2 is 1.78 bits per heavy atom. The number of likely N-dealkylation sites (tertiary alicyclic amines) is 1. The average Bonchev–Trinajstić information content (AvgIpc) is 2.61. The first-order valence-electron chi connectivity index (χ1n) is 9.49. The highest BCUT2D eigenvalue weighted by molar-refractivity contribution is 5.85. The maximum Gasteiger partial charge on any atom is 0.406 e. The Morgan fingerprint density at radius 3 is 2.22 bits per heavy atom. The van der Waals surface area contributed by atoms with Gasteiger partial charge in [0.2, 0.25) is 11.8 Å². The van der Waals surface area contributed by atoms with E-state index < -0.39 is 30.0 Å². The Bertz CT molecular complexity index is 477. The van der Waals surface area contributed by atoms with Gasteiger partial charge in [-0.1, -0.05) is 20.8 Å². The predicted molar refractivity (Wildman–Crippen MR) is 102 cm³/mol. The van der Waals surface area contributed by atoms with E-state index in [0.29, 0.717) is 38.6 Å². The molecule has 1 atom stereocenters. The van der Waals surface area contributed by atoms with E-state index in [1.165, 1.54) is 0 Å². The quantitative estimate of drug-likeness (QED) is 0.662. The van der Waals surface area contributed by atoms with Crippen molar-refractivity contribution in [1.82, 2.24) is 9.80 Å². The lowest BCUT2D eigenvalue weighted by atomic mass is 9.80. The third kappa shape index (κ3) is 6.82. The largest absolute Gasteiger partial charge is 0.406 e. The molecule has 1 rings (SSSR count). The summed E-state index contributed by atoms with van der Waals surface area (Å²) in [5, 5.41) is 0. The van der Waals surface area contributed by atoms with E-state index in [2.05, 4.69) is 0 Å². The molecule has 5 nitrogen and oxygen atoms in total. The molecule has 0 aromatic heterocycles. The molecule has 160 valence electrons. The SMILES string of the molecule is CCCN(CC(F)(F)F)C(=O)C1CCCN(C(=O)C(CC)(CC)CN)C1.Cl. The van der Waals surface area contributed by atoms with Crippen LogP contribution in [0.4, 0.5) is 13.2 Å². The van der Waals surface area contributed by atoms with Crippen LogP contribution in [0.15, 0.2) is 0 Å². The van der Waals surface area contributed by atoms with Crippen molar-refractivity contribution in [3.8, 4) is 0 Å². The number of alkyl halides is 3. The van der Waals surface area contributed by atoms with Crippen LogP contribution in [-0.4, -0.2) is 60.5 Å². The predicted octanol–water partition coefficient (Wildman–Crippen LogP) is 3.21. The normalized spacial score (nSPS) is 18.0. The lowest BCUT2D eigenvalue weighted by molar-refractivity contribution is -0.165. The van der Waals surface area contributed by atoms with Crippen LogP contribution in [-0.2, 0) is 9.59 Å². The van der Waals surface area contributed by atoms with Crippen molar-refractivity contribution >= 4 is 24.2 Å². The van der Waals surface area contributed by atoms with Gasteiger partial charge in [-0.05, 0) is 32.1 Å². The number of amides is 2. The topological polar surface area (TPSA) is 66.6 Å². The molecule has 0 bridgehead atoms. The molecule has 0 radical (unpaired) electrons. The number of hydrogen-bond donors (Lipinski definition) is 1. The maximum absolute atomic E-state index is 12.9. The van der Waals surface area contributed by atoms with Gasteiger partial charge in [0, 0.05) is 26.2 Å². The average molecular weight is 416 g/mol. The summed E-state index contributed by atoms with van der Waals surface area (Å²) < 4.78 is 38.3. The van der Waals surface area contributed by atoms with Gasteiger partial charge in [-0.15, -0.1) is 12.4 Å². The van der Waals surface area contributed by atoms with Crippen molar-refractivity contribution in [2.24, 2.45) is 17.1 Å². The lowest BCUT2D eigenvalue weighted by Crippen LogP contribution is -2.53. The molecule has 0 aromatic carbocycles. The first kappa shape index (κ1) is 26.0. The number of hydrogen-bond acceptors (Lipinski definition) is 3. The van der Waals surface area contributed by atoms with Gasteiger partial charge in [0.05, 0.1) is 11.3 Å². The maximum atomic E-state index is 12.9. The fourth-order valence-electron chi connectivity index (χ4n) is 3.64. The van der Waals surface area contributed by atoms with Crippen molar-refractivity contribution in [1.29, 1.82) is 0 Å². The van der Waals surface area contributed by atoms with Gasteiger partial charge in [-0.2, -0.15) is 13.2 Å². The summed E-state index contributed by atoms with van der Waals surface area (Å²) in [6.07, 6.45) is -1.64. The lowest BCUT2D eigenvalue weighted by Gasteiger charge is -2.40. The molecule has 1 aliphatic rings. The van der Waals surface area contributed by atoms with E-state index in [-0.39, 0.29) is 37.9 Å². The number of nitrogens with two attached hydrogens (primary N) is 1. The van der Waals surface area contributed by atoms with Crippen molar-refractivity contribution in [3.63, 3.8) is 0 Å². The summed E-state index contributed by atoms with van der Waals surface area (Å²) in [5.41, 5.74) is 5.19. The van der Waals surface area contributed by atoms with Crippen LogP contribution in [0.1, 0.15) is 52.9 Å². The van der Waals surface area contributed by atoms with Gasteiger partial charge in [0.1, 0.15) is 6.54 Å². The third-order valence-corrected chi connectivity index (χ3v) is 5.43. The summed E-state index contributed by atoms with van der Waals surface area (Å²) in [5.74, 6) is -1.17. The number of carbonyl (C=O) groups excluding carboxylic acids is 2. The molecule has 1 fully saturated rings. The van der Waals surface area contributed by atoms with E-state index >= 15 is 0 Å². The van der Waals surface area contributed by atoms with E-state index in [9.17, 15) is 22.8 Å². The van der Waals surface area contributed by atoms with E-state index in [1.807, 2.05) is 13.8 Å². The monoisotopic (exact) mass is 415 g/mol. The summed E-state index contributed by atoms with van der Waals surface area (Å²) >= 11 is 0. The molecule has 0 saturated carbocycles. The second-order valence-corrected chi connectivity index (χ2v) is 7.16. The minimum absolute atomic E-state index is 0. The number of nitrogens with zero attached hydrogens (tertiary/aromatic N) is 2. The summed E-state index contributed by atoms with van der Waals surface area (Å²) in [4.78, 5) is 28.1. The Balaban J connectivity index is 0.00000676. The fraction of sp³-hybridized carbons (Fsp3) is 0.889. The molecule has 9 heteroatoms. The number of halogens is 4. The Kier molecular flexibility index (Phi) is 10.7. The highest BCUT2D eigenvalue weighted by atomic mass is 35.5. The van der Waals surface area contributed by atoms with E-state index in [0.717, 1.165) is 4.90 Å². The van der Waals surface area contributed by atoms with E-state index in [4.69, 9.17) is 5.73 Å². The molecule has 2 N–H and O–H groups in total. The first-order chi connectivity index (χ1) is 12.1. The highest BCUT2D eigenvalue weighted by Gasteiger charge is 2.41. The molecule has 27 heavy (non-hydrogen) atoms. The van der Waals surface area contributed by atoms with Crippen molar-refractivity contribution in [3.05, 3.63) is 0 Å². The van der Waals surface area contributed by atoms with Gasteiger partial charge >= 0.3 is 6.18 Å². The van der Waals surface area contributed by atoms with Gasteiger partial charge in [-0.25, -0.2) is 0 Å². The van der Waals surface area contributed by atoms with Crippen LogP contribution in [0, 0.1) is 11.3 Å². The summed E-state index contributed by atoms with van der Waals surface area (Å²) in [6, 6.07) is 0. The van der Waals surface area contributed by atoms with Crippen molar-refractivity contribution < 1.29 is 22.8 Å². The van der Waals surface area contributed by atoms with Gasteiger partial charge in [-0.3, -0.25) is 9.59 Å². The molecular weight excluding hydrogens is 383 g/mol. The molecule has 2 amide bonds. The van der Waals surface area contributed by atoms with Gasteiger partial charge in [0.25, 0.3) is 0 Å². The molecule has 0 aromatic rings. The minimum Gasteiger partial charge on any atom is -0.341 e. The van der Waals surface area contributed by atoms with Crippen LogP contribution in [0.25, 0.3) is 0 Å². The minimum atomic E-state index is -4.42. The molecule has 0 aliphatic carbocycles. The Labute approximate surface area is 166 Å². The van der Waals surface area contributed by atoms with Crippen LogP contribution < -0.4 is 5.73 Å². The Hall–Kier alpha value is -1.02. The second kappa shape index (κ2) is 11.1. The van der Waals surface area contributed by atoms with Crippen LogP contribution in [0.3, 0.4) is 0 Å². The van der Waals surface area contributed by atoms with Crippen LogP contribution in [0.5, 0.6) is 0 Å². The molecule has 1 unspecified atom stereocenters. The van der Waals surface area contributed by atoms with Gasteiger partial charge in [0.15, 0.2) is 0 Å². The molecule has 1 heterocycles. The zero-order valence-electron chi connectivity index (χ0n) is 16.5. The van der Waals surface area contributed by atoms with Crippen LogP contribution >= 0.6 is 12.4 Å². The molecule has 0 spiro atoms. The van der Waals surface area contributed by atoms with Crippen molar-refractivity contribution in [2.45, 2.75) is 59.1 Å². The van der Waals surface area contributed by atoms with Crippen molar-refractivity contribution in [2.75, 3.05) is 32.7 Å². The number of piperidine rings is 1. The third-order valence-electron chi connectivity index (χ3n) is 5.43.